The highest BCUT2D eigenvalue weighted by atomic mass is 32.2. The molecule has 0 spiro atoms. The summed E-state index contributed by atoms with van der Waals surface area (Å²) in [5.41, 5.74) is 8.94. The molecule has 8 N–H and O–H groups in total. The smallest absolute Gasteiger partial charge is 0.335 e. The highest BCUT2D eigenvalue weighted by Crippen LogP contribution is 1.65. The first kappa shape index (κ1) is 12.7. The van der Waals surface area contributed by atoms with Crippen LogP contribution in [0.2, 0.25) is 0 Å². The highest BCUT2D eigenvalue weighted by molar-refractivity contribution is 7.83. The van der Waals surface area contributed by atoms with Crippen LogP contribution in [-0.4, -0.2) is 30.8 Å². The molecule has 0 saturated carbocycles. The lowest BCUT2D eigenvalue weighted by Gasteiger charge is -1.89. The molecule has 0 aliphatic heterocycles. The van der Waals surface area contributed by atoms with Gasteiger partial charge in [0.1, 0.15) is 6.73 Å². The van der Waals surface area contributed by atoms with Gasteiger partial charge in [0, 0.05) is 0 Å². The SMILES string of the molecule is N=C(N)N.O=S(=O)(O)NCO. The standard InChI is InChI=1S/CH5N3.CH5NO4S/c2-1(3)4;3-1-2-7(4,5)6/h(H5,2,3,4);2-3H,1H2,(H,4,5,6). The van der Waals surface area contributed by atoms with E-state index in [0.717, 1.165) is 0 Å². The van der Waals surface area contributed by atoms with E-state index in [2.05, 4.69) is 11.5 Å². The Bertz CT molecular complexity index is 194. The van der Waals surface area contributed by atoms with Crippen LogP contribution in [0.15, 0.2) is 0 Å². The van der Waals surface area contributed by atoms with Gasteiger partial charge in [0.15, 0.2) is 5.96 Å². The maximum atomic E-state index is 9.52. The van der Waals surface area contributed by atoms with E-state index in [1.807, 2.05) is 0 Å². The first-order valence-electron chi connectivity index (χ1n) is 2.22. The third-order valence-corrected chi connectivity index (χ3v) is 0.741. The van der Waals surface area contributed by atoms with Crippen molar-refractivity contribution in [2.75, 3.05) is 6.73 Å². The van der Waals surface area contributed by atoms with Gasteiger partial charge in [-0.1, -0.05) is 0 Å². The van der Waals surface area contributed by atoms with Crippen molar-refractivity contribution in [1.82, 2.24) is 4.72 Å². The molecule has 0 heterocycles. The van der Waals surface area contributed by atoms with Crippen LogP contribution >= 0.6 is 0 Å². The third kappa shape index (κ3) is 47.7. The van der Waals surface area contributed by atoms with Gasteiger partial charge in [-0.3, -0.25) is 9.96 Å². The highest BCUT2D eigenvalue weighted by Gasteiger charge is 1.96. The van der Waals surface area contributed by atoms with Crippen molar-refractivity contribution in [3.05, 3.63) is 0 Å². The molecule has 8 nitrogen and oxygen atoms in total. The normalized spacial score (nSPS) is 9.64. The summed E-state index contributed by atoms with van der Waals surface area (Å²) in [5, 5.41) is 13.8. The fraction of sp³-hybridized carbons (Fsp3) is 0.500. The molecule has 0 fully saturated rings. The molecule has 0 aliphatic rings. The van der Waals surface area contributed by atoms with E-state index in [4.69, 9.17) is 15.1 Å². The zero-order valence-corrected chi connectivity index (χ0v) is 6.30. The van der Waals surface area contributed by atoms with Crippen LogP contribution in [0.3, 0.4) is 0 Å². The number of aliphatic hydroxyl groups excluding tert-OH is 1. The van der Waals surface area contributed by atoms with Crippen molar-refractivity contribution >= 4 is 16.3 Å². The molecule has 0 saturated heterocycles. The molecule has 0 aromatic carbocycles. The molecule has 9 heteroatoms. The van der Waals surface area contributed by atoms with Crippen LogP contribution in [0.5, 0.6) is 0 Å². The molecule has 0 atom stereocenters. The van der Waals surface area contributed by atoms with Crippen molar-refractivity contribution in [3.8, 4) is 0 Å². The van der Waals surface area contributed by atoms with Crippen molar-refractivity contribution < 1.29 is 18.1 Å². The van der Waals surface area contributed by atoms with Crippen molar-refractivity contribution in [1.29, 1.82) is 5.41 Å². The molecular weight excluding hydrogens is 176 g/mol. The van der Waals surface area contributed by atoms with Crippen LogP contribution in [0, 0.1) is 5.41 Å². The van der Waals surface area contributed by atoms with Gasteiger partial charge < -0.3 is 16.6 Å². The van der Waals surface area contributed by atoms with E-state index in [0.29, 0.717) is 0 Å². The van der Waals surface area contributed by atoms with E-state index >= 15 is 0 Å². The number of guanidine groups is 1. The Morgan fingerprint density at radius 2 is 1.82 bits per heavy atom. The van der Waals surface area contributed by atoms with E-state index in [-0.39, 0.29) is 5.96 Å². The fourth-order valence-corrected chi connectivity index (χ4v) is 0.245. The fourth-order valence-electron chi connectivity index (χ4n) is 0.0816. The third-order valence-electron chi connectivity index (χ3n) is 0.247. The zero-order valence-electron chi connectivity index (χ0n) is 5.48. The van der Waals surface area contributed by atoms with Crippen molar-refractivity contribution in [2.24, 2.45) is 11.5 Å². The Hall–Kier alpha value is -0.900. The Labute approximate surface area is 63.6 Å². The van der Waals surface area contributed by atoms with Crippen LogP contribution in [0.4, 0.5) is 0 Å². The number of rotatable bonds is 2. The minimum absolute atomic E-state index is 0.333. The lowest BCUT2D eigenvalue weighted by Crippen LogP contribution is -2.22. The van der Waals surface area contributed by atoms with Crippen LogP contribution in [0.1, 0.15) is 0 Å². The summed E-state index contributed by atoms with van der Waals surface area (Å²) in [5.74, 6) is -0.333. The predicted molar refractivity (Wildman–Crippen MR) is 37.9 cm³/mol. The number of hydrogen-bond acceptors (Lipinski definition) is 4. The number of aliphatic hydroxyl groups is 1. The maximum absolute atomic E-state index is 9.52. The molecule has 0 rings (SSSR count). The second kappa shape index (κ2) is 5.85. The van der Waals surface area contributed by atoms with Gasteiger partial charge in [-0.05, 0) is 0 Å². The monoisotopic (exact) mass is 186 g/mol. The first-order valence-corrected chi connectivity index (χ1v) is 3.66. The van der Waals surface area contributed by atoms with Crippen molar-refractivity contribution in [2.45, 2.75) is 0 Å². The predicted octanol–water partition coefficient (Wildman–Crippen LogP) is -2.83. The second-order valence-electron chi connectivity index (χ2n) is 1.23. The molecular formula is C2H10N4O4S. The van der Waals surface area contributed by atoms with Gasteiger partial charge >= 0.3 is 10.3 Å². The number of nitrogens with one attached hydrogen (secondary N) is 2. The van der Waals surface area contributed by atoms with Gasteiger partial charge in [0.2, 0.25) is 0 Å². The van der Waals surface area contributed by atoms with E-state index in [1.165, 1.54) is 4.72 Å². The second-order valence-corrected chi connectivity index (χ2v) is 2.47. The van der Waals surface area contributed by atoms with E-state index in [9.17, 15) is 8.42 Å². The summed E-state index contributed by atoms with van der Waals surface area (Å²) in [6.45, 7) is -0.779. The number of nitrogens with two attached hydrogens (primary N) is 2. The largest absolute Gasteiger partial charge is 0.380 e. The van der Waals surface area contributed by atoms with Gasteiger partial charge in [-0.2, -0.15) is 13.1 Å². The zero-order chi connectivity index (χ0) is 9.49. The summed E-state index contributed by atoms with van der Waals surface area (Å²) in [4.78, 5) is 0. The van der Waals surface area contributed by atoms with Crippen molar-refractivity contribution in [3.63, 3.8) is 0 Å². The topological polar surface area (TPSA) is 163 Å². The lowest BCUT2D eigenvalue weighted by atomic mass is 11.1. The Morgan fingerprint density at radius 3 is 1.82 bits per heavy atom. The summed E-state index contributed by atoms with van der Waals surface area (Å²) < 4.78 is 28.1. The van der Waals surface area contributed by atoms with E-state index < -0.39 is 17.0 Å². The summed E-state index contributed by atoms with van der Waals surface area (Å²) in [6.07, 6.45) is 0. The summed E-state index contributed by atoms with van der Waals surface area (Å²) in [6, 6.07) is 0. The summed E-state index contributed by atoms with van der Waals surface area (Å²) >= 11 is 0. The van der Waals surface area contributed by atoms with Crippen LogP contribution in [-0.2, 0) is 10.3 Å². The molecule has 68 valence electrons. The lowest BCUT2D eigenvalue weighted by molar-refractivity contribution is 0.282. The van der Waals surface area contributed by atoms with Gasteiger partial charge in [-0.25, -0.2) is 0 Å². The molecule has 0 aromatic heterocycles. The average Bonchev–Trinajstić information content (AvgIpc) is 1.58. The maximum Gasteiger partial charge on any atom is 0.335 e. The minimum atomic E-state index is -4.17. The quantitative estimate of drug-likeness (QED) is 0.118. The molecule has 0 amide bonds. The molecule has 11 heavy (non-hydrogen) atoms. The Balaban J connectivity index is 0. The first-order chi connectivity index (χ1) is 4.79. The van der Waals surface area contributed by atoms with Gasteiger partial charge in [0.05, 0.1) is 0 Å². The number of hydrogen-bond donors (Lipinski definition) is 6. The summed E-state index contributed by atoms with van der Waals surface area (Å²) in [7, 11) is -4.17. The van der Waals surface area contributed by atoms with E-state index in [1.54, 1.807) is 0 Å². The molecule has 0 unspecified atom stereocenters. The molecule has 0 aromatic rings. The average molecular weight is 186 g/mol. The van der Waals surface area contributed by atoms with Crippen LogP contribution in [0.25, 0.3) is 0 Å². The molecule has 0 radical (unpaired) electrons. The van der Waals surface area contributed by atoms with Gasteiger partial charge in [-0.15, -0.1) is 0 Å². The molecule has 0 aliphatic carbocycles. The van der Waals surface area contributed by atoms with Crippen LogP contribution < -0.4 is 16.2 Å². The Kier molecular flexibility index (Phi) is 6.78. The Morgan fingerprint density at radius 1 is 1.55 bits per heavy atom. The molecule has 0 bridgehead atoms. The van der Waals surface area contributed by atoms with Gasteiger partial charge in [0.25, 0.3) is 0 Å². The minimum Gasteiger partial charge on any atom is -0.380 e.